The van der Waals surface area contributed by atoms with E-state index < -0.39 is 30.9 Å². The van der Waals surface area contributed by atoms with Crippen molar-refractivity contribution in [2.45, 2.75) is 9.79 Å². The van der Waals surface area contributed by atoms with E-state index in [2.05, 4.69) is 80.2 Å². The van der Waals surface area contributed by atoms with Crippen LogP contribution in [0.15, 0.2) is 51.2 Å². The SMILES string of the molecule is O=S(=O)(O)CCNc1nc(NCCOCCO)nc(Nc2ccc(C=Cc3ccc(Nc4nc(N=CCSOOO)nc(NCCOCCO)n4)cc3S(=O)(=O)O)c(SOOO)c2)n1. The van der Waals surface area contributed by atoms with Crippen molar-refractivity contribution < 1.29 is 74.9 Å². The summed E-state index contributed by atoms with van der Waals surface area (Å²) in [4.78, 5) is 29.3. The molecule has 2 aromatic carbocycles. The number of benzene rings is 2. The van der Waals surface area contributed by atoms with Gasteiger partial charge in [-0.3, -0.25) is 9.11 Å². The van der Waals surface area contributed by atoms with Gasteiger partial charge in [-0.25, -0.2) is 15.5 Å². The van der Waals surface area contributed by atoms with Crippen molar-refractivity contribution in [3.63, 3.8) is 0 Å². The zero-order valence-corrected chi connectivity index (χ0v) is 36.3. The van der Waals surface area contributed by atoms with Crippen LogP contribution in [0.2, 0.25) is 0 Å². The van der Waals surface area contributed by atoms with E-state index in [1.165, 1.54) is 36.6 Å². The number of ether oxygens (including phenoxy) is 2. The van der Waals surface area contributed by atoms with Gasteiger partial charge in [0.2, 0.25) is 29.7 Å². The molecule has 11 N–H and O–H groups in total. The molecule has 28 nitrogen and oxygen atoms in total. The largest absolute Gasteiger partial charge is 0.394 e. The molecule has 0 bridgehead atoms. The fourth-order valence-electron chi connectivity index (χ4n) is 4.73. The van der Waals surface area contributed by atoms with Gasteiger partial charge in [0.1, 0.15) is 4.90 Å². The van der Waals surface area contributed by atoms with E-state index in [1.54, 1.807) is 12.1 Å². The van der Waals surface area contributed by atoms with Crippen molar-refractivity contribution in [2.75, 3.05) is 97.4 Å². The summed E-state index contributed by atoms with van der Waals surface area (Å²) >= 11 is 1.29. The molecule has 2 heterocycles. The molecular weight excluding hydrogens is 937 g/mol. The molecule has 4 aromatic rings. The van der Waals surface area contributed by atoms with E-state index in [9.17, 15) is 21.4 Å². The topological polar surface area (TPSA) is 395 Å². The quantitative estimate of drug-likeness (QED) is 0.00655. The Labute approximate surface area is 372 Å². The smallest absolute Gasteiger partial charge is 0.295 e. The number of nitrogens with zero attached hydrogens (tertiary/aromatic N) is 7. The van der Waals surface area contributed by atoms with Crippen molar-refractivity contribution in [1.82, 2.24) is 29.9 Å². The molecule has 4 rings (SSSR count). The number of hydrogen-bond donors (Lipinski definition) is 11. The minimum Gasteiger partial charge on any atom is -0.394 e. The highest BCUT2D eigenvalue weighted by Crippen LogP contribution is 2.31. The number of aliphatic imine (C=N–C) groups is 1. The average molecular weight is 979 g/mol. The first kappa shape index (κ1) is 51.6. The Balaban J connectivity index is 1.59. The molecule has 0 aliphatic carbocycles. The molecule has 0 saturated heterocycles. The van der Waals surface area contributed by atoms with E-state index in [4.69, 9.17) is 34.8 Å². The molecule has 0 radical (unpaired) electrons. The van der Waals surface area contributed by atoms with Gasteiger partial charge in [0, 0.05) is 54.2 Å². The van der Waals surface area contributed by atoms with E-state index in [0.717, 1.165) is 6.07 Å². The van der Waals surface area contributed by atoms with Crippen LogP contribution in [-0.4, -0.2) is 154 Å². The number of aliphatic hydroxyl groups excluding tert-OH is 2. The third-order valence-electron chi connectivity index (χ3n) is 7.27. The summed E-state index contributed by atoms with van der Waals surface area (Å²) in [5, 5.41) is 56.7. The fourth-order valence-corrected chi connectivity index (χ4v) is 6.54. The van der Waals surface area contributed by atoms with Crippen LogP contribution in [-0.2, 0) is 48.5 Å². The van der Waals surface area contributed by atoms with Gasteiger partial charge in [0.15, 0.2) is 0 Å². The molecule has 0 amide bonds. The van der Waals surface area contributed by atoms with Crippen molar-refractivity contribution in [1.29, 1.82) is 0 Å². The van der Waals surface area contributed by atoms with Crippen LogP contribution >= 0.6 is 24.1 Å². The number of rotatable bonds is 31. The van der Waals surface area contributed by atoms with Crippen molar-refractivity contribution in [2.24, 2.45) is 4.99 Å². The minimum atomic E-state index is -4.84. The standard InChI is InChI=1S/C32H42N12O16S4/c45-11-15-55-13-7-33-27-39-29(35-9-17-61-59-57-47)43-32(42-27)38-24-6-4-22(26(20-24)64(52,53)54)2-1-21-3-5-23(19-25(21)62-60-58-48)37-31-41-28(34-8-14-56-16-12-46)40-30(44-31)36-10-18-63(49,50)51/h1-6,9,19-20,45-48H,7-8,10-18H2,(H,49,50,51)(H,52,53,54)(H2,33,38,39,42,43)(H3,34,36,37,40,41,44). The summed E-state index contributed by atoms with van der Waals surface area (Å²) in [5.41, 5.74) is 0.936. The van der Waals surface area contributed by atoms with Crippen molar-refractivity contribution in [3.8, 4) is 0 Å². The summed E-state index contributed by atoms with van der Waals surface area (Å²) in [6.07, 6.45) is 4.22. The maximum Gasteiger partial charge on any atom is 0.295 e. The molecule has 0 atom stereocenters. The van der Waals surface area contributed by atoms with Gasteiger partial charge in [-0.1, -0.05) is 34.4 Å². The Morgan fingerprint density at radius 3 is 1.78 bits per heavy atom. The lowest BCUT2D eigenvalue weighted by atomic mass is 10.1. The van der Waals surface area contributed by atoms with Crippen LogP contribution in [0.25, 0.3) is 12.2 Å². The first-order valence-electron chi connectivity index (χ1n) is 18.1. The van der Waals surface area contributed by atoms with E-state index in [1.807, 2.05) is 0 Å². The molecular formula is C32H42N12O16S4. The van der Waals surface area contributed by atoms with E-state index in [0.29, 0.717) is 40.2 Å². The molecule has 0 spiro atoms. The van der Waals surface area contributed by atoms with Crippen LogP contribution < -0.4 is 26.6 Å². The molecule has 0 saturated carbocycles. The third-order valence-corrected chi connectivity index (χ3v) is 10.0. The normalized spacial score (nSPS) is 12.0. The van der Waals surface area contributed by atoms with Gasteiger partial charge in [0.25, 0.3) is 26.2 Å². The molecule has 0 aliphatic rings. The van der Waals surface area contributed by atoms with Gasteiger partial charge >= 0.3 is 0 Å². The maximum absolute atomic E-state index is 12.6. The van der Waals surface area contributed by atoms with Gasteiger partial charge in [-0.2, -0.15) is 46.7 Å². The molecule has 0 fully saturated rings. The third kappa shape index (κ3) is 19.4. The van der Waals surface area contributed by atoms with Gasteiger partial charge in [-0.05, 0) is 35.4 Å². The van der Waals surface area contributed by atoms with Crippen LogP contribution in [0.3, 0.4) is 0 Å². The zero-order chi connectivity index (χ0) is 46.2. The summed E-state index contributed by atoms with van der Waals surface area (Å²) in [5.74, 6) is -0.626. The summed E-state index contributed by atoms with van der Waals surface area (Å²) in [6, 6.07) is 8.70. The predicted octanol–water partition coefficient (Wildman–Crippen LogP) is 2.30. The highest BCUT2D eigenvalue weighted by Gasteiger charge is 2.17. The Kier molecular flexibility index (Phi) is 22.1. The monoisotopic (exact) mass is 978 g/mol. The number of aliphatic hydroxyl groups is 2. The van der Waals surface area contributed by atoms with Crippen LogP contribution in [0.1, 0.15) is 11.1 Å². The Morgan fingerprint density at radius 1 is 0.656 bits per heavy atom. The second kappa shape index (κ2) is 27.3. The van der Waals surface area contributed by atoms with Crippen LogP contribution in [0.4, 0.5) is 47.1 Å². The Bertz CT molecular complexity index is 2370. The fraction of sp³-hybridized carbons (Fsp3) is 0.344. The van der Waals surface area contributed by atoms with Crippen LogP contribution in [0, 0.1) is 0 Å². The zero-order valence-electron chi connectivity index (χ0n) is 33.0. The second-order valence-electron chi connectivity index (χ2n) is 11.9. The highest BCUT2D eigenvalue weighted by molar-refractivity contribution is 7.95. The van der Waals surface area contributed by atoms with Crippen molar-refractivity contribution in [3.05, 3.63) is 47.5 Å². The number of nitrogens with one attached hydrogen (secondary N) is 5. The lowest BCUT2D eigenvalue weighted by Gasteiger charge is -2.13. The molecule has 2 aromatic heterocycles. The number of anilines is 7. The lowest BCUT2D eigenvalue weighted by molar-refractivity contribution is -0.432. The van der Waals surface area contributed by atoms with E-state index in [-0.39, 0.29) is 112 Å². The molecule has 64 heavy (non-hydrogen) atoms. The molecule has 32 heteroatoms. The number of aromatic nitrogens is 6. The van der Waals surface area contributed by atoms with Gasteiger partial charge in [0.05, 0.1) is 63.2 Å². The molecule has 0 unspecified atom stereocenters. The Morgan fingerprint density at radius 2 is 1.19 bits per heavy atom. The first-order valence-corrected chi connectivity index (χ1v) is 22.8. The minimum absolute atomic E-state index is 0.0235. The first-order chi connectivity index (χ1) is 30.8. The highest BCUT2D eigenvalue weighted by atomic mass is 32.2. The summed E-state index contributed by atoms with van der Waals surface area (Å²) in [7, 11) is -9.13. The average Bonchev–Trinajstić information content (AvgIpc) is 3.24. The summed E-state index contributed by atoms with van der Waals surface area (Å²) < 4.78 is 86.5. The maximum atomic E-state index is 12.6. The van der Waals surface area contributed by atoms with Gasteiger partial charge < -0.3 is 46.3 Å². The lowest BCUT2D eigenvalue weighted by Crippen LogP contribution is -2.18. The Hall–Kier alpha value is -5.01. The molecule has 0 aliphatic heterocycles. The molecule has 350 valence electrons. The van der Waals surface area contributed by atoms with Gasteiger partial charge in [-0.15, -0.1) is 8.67 Å². The van der Waals surface area contributed by atoms with Crippen molar-refractivity contribution >= 4 is 110 Å². The summed E-state index contributed by atoms with van der Waals surface area (Å²) in [6.45, 7) is 0.536. The van der Waals surface area contributed by atoms with E-state index >= 15 is 0 Å². The number of hydrogen-bond acceptors (Lipinski definition) is 28. The van der Waals surface area contributed by atoms with Crippen LogP contribution in [0.5, 0.6) is 0 Å². The second-order valence-corrected chi connectivity index (χ2v) is 16.3. The predicted molar refractivity (Wildman–Crippen MR) is 232 cm³/mol.